The van der Waals surface area contributed by atoms with Crippen molar-refractivity contribution in [2.45, 2.75) is 57.2 Å². The van der Waals surface area contributed by atoms with E-state index < -0.39 is 28.5 Å². The molecule has 0 heterocycles. The van der Waals surface area contributed by atoms with Gasteiger partial charge in [-0.3, -0.25) is 13.9 Å². The topological polar surface area (TPSA) is 96.0 Å². The quantitative estimate of drug-likeness (QED) is 0.253. The number of hydrogen-bond acceptors (Lipinski definition) is 5. The molecule has 1 aliphatic carbocycles. The van der Waals surface area contributed by atoms with Crippen molar-refractivity contribution in [3.63, 3.8) is 0 Å². The first-order valence-corrected chi connectivity index (χ1v) is 17.3. The van der Waals surface area contributed by atoms with Gasteiger partial charge in [0.1, 0.15) is 18.3 Å². The van der Waals surface area contributed by atoms with Gasteiger partial charge in [-0.15, -0.1) is 0 Å². The van der Waals surface area contributed by atoms with Crippen LogP contribution in [0, 0.1) is 0 Å². The van der Waals surface area contributed by atoms with E-state index in [4.69, 9.17) is 16.3 Å². The summed E-state index contributed by atoms with van der Waals surface area (Å²) in [7, 11) is -2.45. The van der Waals surface area contributed by atoms with E-state index in [0.717, 1.165) is 58.3 Å². The minimum Gasteiger partial charge on any atom is -0.495 e. The largest absolute Gasteiger partial charge is 0.495 e. The maximum atomic E-state index is 14.3. The highest BCUT2D eigenvalue weighted by atomic mass is 79.9. The highest BCUT2D eigenvalue weighted by Crippen LogP contribution is 2.30. The van der Waals surface area contributed by atoms with Gasteiger partial charge in [0, 0.05) is 23.5 Å². The summed E-state index contributed by atoms with van der Waals surface area (Å²) in [6, 6.07) is 20.7. The zero-order chi connectivity index (χ0) is 31.0. The van der Waals surface area contributed by atoms with Crippen LogP contribution in [0.2, 0.25) is 5.02 Å². The van der Waals surface area contributed by atoms with Crippen LogP contribution in [0.4, 0.5) is 5.69 Å². The average molecular weight is 691 g/mol. The summed E-state index contributed by atoms with van der Waals surface area (Å²) in [6.45, 7) is -0.400. The lowest BCUT2D eigenvalue weighted by Gasteiger charge is -2.35. The van der Waals surface area contributed by atoms with E-state index in [0.29, 0.717) is 5.75 Å². The number of amides is 2. The monoisotopic (exact) mass is 689 g/mol. The van der Waals surface area contributed by atoms with Crippen molar-refractivity contribution < 1.29 is 22.7 Å². The van der Waals surface area contributed by atoms with E-state index in [1.165, 1.54) is 24.1 Å². The molecule has 0 saturated heterocycles. The van der Waals surface area contributed by atoms with Gasteiger partial charge in [-0.1, -0.05) is 89.3 Å². The van der Waals surface area contributed by atoms with Crippen LogP contribution >= 0.6 is 27.5 Å². The summed E-state index contributed by atoms with van der Waals surface area (Å²) in [4.78, 5) is 29.8. The Bertz CT molecular complexity index is 1500. The second-order valence-corrected chi connectivity index (χ2v) is 14.0. The fraction of sp³-hybridized carbons (Fsp3) is 0.375. The molecular weight excluding hydrogens is 654 g/mol. The number of sulfonamides is 1. The van der Waals surface area contributed by atoms with Gasteiger partial charge in [-0.25, -0.2) is 8.42 Å². The van der Waals surface area contributed by atoms with Crippen LogP contribution in [0.3, 0.4) is 0 Å². The molecule has 0 spiro atoms. The van der Waals surface area contributed by atoms with Crippen molar-refractivity contribution in [1.29, 1.82) is 0 Å². The molecule has 2 amide bonds. The number of rotatable bonds is 12. The lowest BCUT2D eigenvalue weighted by atomic mass is 9.94. The number of carbonyl (C=O) groups excluding carboxylic acids is 2. The molecule has 1 N–H and O–H groups in total. The first kappa shape index (κ1) is 32.8. The fourth-order valence-corrected chi connectivity index (χ4v) is 6.67. The molecule has 3 aromatic rings. The zero-order valence-electron chi connectivity index (χ0n) is 24.3. The number of benzene rings is 3. The first-order chi connectivity index (χ1) is 20.5. The summed E-state index contributed by atoms with van der Waals surface area (Å²) >= 11 is 9.77. The number of nitrogens with one attached hydrogen (secondary N) is 1. The van der Waals surface area contributed by atoms with Crippen molar-refractivity contribution in [1.82, 2.24) is 10.2 Å². The summed E-state index contributed by atoms with van der Waals surface area (Å²) in [5.41, 5.74) is 1.91. The molecule has 0 aromatic heterocycles. The Balaban J connectivity index is 1.72. The van der Waals surface area contributed by atoms with E-state index in [1.54, 1.807) is 6.07 Å². The van der Waals surface area contributed by atoms with Gasteiger partial charge in [-0.05, 0) is 54.3 Å². The minimum atomic E-state index is -3.91. The minimum absolute atomic E-state index is 0.0399. The van der Waals surface area contributed by atoms with Gasteiger partial charge >= 0.3 is 0 Å². The molecule has 1 atom stereocenters. The first-order valence-electron chi connectivity index (χ1n) is 14.2. The number of nitrogens with zero attached hydrogens (tertiary/aromatic N) is 2. The van der Waals surface area contributed by atoms with E-state index in [9.17, 15) is 18.0 Å². The van der Waals surface area contributed by atoms with E-state index in [2.05, 4.69) is 21.2 Å². The van der Waals surface area contributed by atoms with Crippen LogP contribution in [0.5, 0.6) is 5.75 Å². The Morgan fingerprint density at radius 3 is 2.28 bits per heavy atom. The van der Waals surface area contributed by atoms with Crippen LogP contribution in [0.1, 0.15) is 43.2 Å². The number of anilines is 1. The SMILES string of the molecule is COc1ccc(N(CC(=O)N(Cc2ccc(Br)cc2)C(Cc2ccccc2)C(=O)NC2CCCCC2)S(C)(=O)=O)cc1Cl. The summed E-state index contributed by atoms with van der Waals surface area (Å²) in [6.07, 6.45) is 6.33. The molecule has 0 radical (unpaired) electrons. The van der Waals surface area contributed by atoms with Crippen LogP contribution < -0.4 is 14.4 Å². The summed E-state index contributed by atoms with van der Waals surface area (Å²) in [5, 5.41) is 3.41. The molecule has 8 nitrogen and oxygen atoms in total. The van der Waals surface area contributed by atoms with Crippen LogP contribution in [-0.4, -0.2) is 57.1 Å². The van der Waals surface area contributed by atoms with Crippen LogP contribution in [0.25, 0.3) is 0 Å². The maximum absolute atomic E-state index is 14.3. The molecule has 230 valence electrons. The second-order valence-electron chi connectivity index (χ2n) is 10.8. The van der Waals surface area contributed by atoms with Crippen molar-refractivity contribution in [3.05, 3.63) is 93.4 Å². The number of carbonyl (C=O) groups is 2. The third kappa shape index (κ3) is 9.20. The van der Waals surface area contributed by atoms with Gasteiger partial charge in [0.25, 0.3) is 0 Å². The second kappa shape index (κ2) is 15.1. The van der Waals surface area contributed by atoms with Gasteiger partial charge in [0.2, 0.25) is 21.8 Å². The predicted octanol–water partition coefficient (Wildman–Crippen LogP) is 5.97. The fourth-order valence-electron chi connectivity index (χ4n) is 5.31. The molecule has 1 saturated carbocycles. The predicted molar refractivity (Wildman–Crippen MR) is 174 cm³/mol. The molecule has 3 aromatic carbocycles. The highest BCUT2D eigenvalue weighted by molar-refractivity contribution is 9.10. The van der Waals surface area contributed by atoms with E-state index in [-0.39, 0.29) is 35.6 Å². The molecule has 1 unspecified atom stereocenters. The molecular formula is C32H37BrClN3O5S. The van der Waals surface area contributed by atoms with Crippen molar-refractivity contribution in [2.75, 3.05) is 24.2 Å². The van der Waals surface area contributed by atoms with Crippen molar-refractivity contribution in [3.8, 4) is 5.75 Å². The Morgan fingerprint density at radius 1 is 1.00 bits per heavy atom. The third-order valence-corrected chi connectivity index (χ3v) is 9.56. The molecule has 43 heavy (non-hydrogen) atoms. The molecule has 1 fully saturated rings. The van der Waals surface area contributed by atoms with Crippen molar-refractivity contribution >= 4 is 55.1 Å². The molecule has 0 bridgehead atoms. The van der Waals surface area contributed by atoms with E-state index >= 15 is 0 Å². The smallest absolute Gasteiger partial charge is 0.244 e. The number of methoxy groups -OCH3 is 1. The molecule has 0 aliphatic heterocycles. The van der Waals surface area contributed by atoms with Gasteiger partial charge in [-0.2, -0.15) is 0 Å². The summed E-state index contributed by atoms with van der Waals surface area (Å²) < 4.78 is 33.1. The Hall–Kier alpha value is -3.08. The van der Waals surface area contributed by atoms with E-state index in [1.807, 2.05) is 54.6 Å². The lowest BCUT2D eigenvalue weighted by Crippen LogP contribution is -2.55. The maximum Gasteiger partial charge on any atom is 0.244 e. The van der Waals surface area contributed by atoms with Gasteiger partial charge in [0.15, 0.2) is 0 Å². The molecule has 11 heteroatoms. The van der Waals surface area contributed by atoms with Crippen LogP contribution in [-0.2, 0) is 32.6 Å². The highest BCUT2D eigenvalue weighted by Gasteiger charge is 2.34. The standard InChI is InChI=1S/C32H37BrClN3O5S/c1-42-30-18-17-27(20-28(30)34)37(43(2,40)41)22-31(38)36(21-24-13-15-25(33)16-14-24)29(19-23-9-5-3-6-10-23)32(39)35-26-11-7-4-8-12-26/h3,5-6,9-10,13-18,20,26,29H,4,7-8,11-12,19,21-22H2,1-2H3,(H,35,39). The van der Waals surface area contributed by atoms with Crippen LogP contribution in [0.15, 0.2) is 77.3 Å². The van der Waals surface area contributed by atoms with Crippen molar-refractivity contribution in [2.24, 2.45) is 0 Å². The number of halogens is 2. The summed E-state index contributed by atoms with van der Waals surface area (Å²) in [5.74, 6) is -0.385. The third-order valence-electron chi connectivity index (χ3n) is 7.59. The number of hydrogen-bond donors (Lipinski definition) is 1. The Morgan fingerprint density at radius 2 is 1.67 bits per heavy atom. The van der Waals surface area contributed by atoms with Gasteiger partial charge < -0.3 is 15.0 Å². The number of ether oxygens (including phenoxy) is 1. The molecule has 4 rings (SSSR count). The Labute approximate surface area is 267 Å². The average Bonchev–Trinajstić information content (AvgIpc) is 2.99. The normalized spacial score (nSPS) is 14.5. The Kier molecular flexibility index (Phi) is 11.5. The zero-order valence-corrected chi connectivity index (χ0v) is 27.5. The lowest BCUT2D eigenvalue weighted by molar-refractivity contribution is -0.140. The molecule has 1 aliphatic rings. The van der Waals surface area contributed by atoms with Gasteiger partial charge in [0.05, 0.1) is 24.1 Å².